The number of nitrogens with one attached hydrogen (secondary N) is 1. The van der Waals surface area contributed by atoms with Crippen molar-refractivity contribution in [2.75, 3.05) is 26.7 Å². The van der Waals surface area contributed by atoms with E-state index in [1.807, 2.05) is 7.05 Å². The lowest BCUT2D eigenvalue weighted by Crippen LogP contribution is -2.36. The molecule has 1 unspecified atom stereocenters. The van der Waals surface area contributed by atoms with Crippen LogP contribution in [-0.2, 0) is 0 Å². The molecule has 1 fully saturated rings. The Morgan fingerprint density at radius 3 is 2.93 bits per heavy atom. The molecule has 1 rings (SSSR count). The maximum atomic E-state index is 11.0. The third-order valence-electron chi connectivity index (χ3n) is 3.20. The van der Waals surface area contributed by atoms with Crippen molar-refractivity contribution in [2.24, 2.45) is 11.7 Å². The Morgan fingerprint density at radius 1 is 1.47 bits per heavy atom. The summed E-state index contributed by atoms with van der Waals surface area (Å²) in [7, 11) is 1.99. The predicted molar refractivity (Wildman–Crippen MR) is 61.7 cm³/mol. The molecular weight excluding hydrogens is 190 g/mol. The molecule has 1 atom stereocenters. The van der Waals surface area contributed by atoms with E-state index in [4.69, 9.17) is 5.73 Å². The zero-order valence-electron chi connectivity index (χ0n) is 9.67. The molecule has 15 heavy (non-hydrogen) atoms. The van der Waals surface area contributed by atoms with Gasteiger partial charge in [0.05, 0.1) is 0 Å². The minimum Gasteiger partial charge on any atom is -0.351 e. The molecule has 0 spiro atoms. The zero-order valence-corrected chi connectivity index (χ0v) is 9.67. The van der Waals surface area contributed by atoms with Gasteiger partial charge in [0, 0.05) is 13.1 Å². The Kier molecular flexibility index (Phi) is 5.47. The molecule has 1 aliphatic heterocycles. The fraction of sp³-hybridized carbons (Fsp3) is 0.909. The number of nitrogens with zero attached hydrogens (tertiary/aromatic N) is 1. The van der Waals surface area contributed by atoms with E-state index in [2.05, 4.69) is 5.32 Å². The fourth-order valence-corrected chi connectivity index (χ4v) is 2.24. The van der Waals surface area contributed by atoms with Gasteiger partial charge in [-0.25, -0.2) is 4.79 Å². The summed E-state index contributed by atoms with van der Waals surface area (Å²) in [5, 5.41) is 3.17. The standard InChI is InChI=1S/C11H23N3O/c1-13-7-2-4-10-5-3-8-14(9-6-10)11(12)15/h10,13H,2-9H2,1H3,(H2,12,15). The molecule has 4 nitrogen and oxygen atoms in total. The van der Waals surface area contributed by atoms with Gasteiger partial charge in [0.15, 0.2) is 0 Å². The van der Waals surface area contributed by atoms with Gasteiger partial charge in [-0.05, 0) is 51.6 Å². The number of primary amides is 1. The Morgan fingerprint density at radius 2 is 2.27 bits per heavy atom. The van der Waals surface area contributed by atoms with Gasteiger partial charge in [-0.1, -0.05) is 0 Å². The number of carbonyl (C=O) groups excluding carboxylic acids is 1. The van der Waals surface area contributed by atoms with Gasteiger partial charge < -0.3 is 16.0 Å². The highest BCUT2D eigenvalue weighted by Crippen LogP contribution is 2.21. The Hall–Kier alpha value is -0.770. The largest absolute Gasteiger partial charge is 0.351 e. The van der Waals surface area contributed by atoms with Crippen molar-refractivity contribution >= 4 is 6.03 Å². The minimum atomic E-state index is -0.258. The number of likely N-dealkylation sites (tertiary alicyclic amines) is 1. The van der Waals surface area contributed by atoms with Crippen molar-refractivity contribution in [3.63, 3.8) is 0 Å². The average molecular weight is 213 g/mol. The summed E-state index contributed by atoms with van der Waals surface area (Å²) in [6.45, 7) is 2.79. The Labute approximate surface area is 92.2 Å². The lowest BCUT2D eigenvalue weighted by molar-refractivity contribution is 0.209. The van der Waals surface area contributed by atoms with Crippen LogP contribution in [0.3, 0.4) is 0 Å². The van der Waals surface area contributed by atoms with E-state index in [0.717, 1.165) is 38.4 Å². The fourth-order valence-electron chi connectivity index (χ4n) is 2.24. The van der Waals surface area contributed by atoms with E-state index in [1.54, 1.807) is 4.90 Å². The van der Waals surface area contributed by atoms with E-state index in [1.165, 1.54) is 19.3 Å². The van der Waals surface area contributed by atoms with Crippen LogP contribution in [-0.4, -0.2) is 37.6 Å². The van der Waals surface area contributed by atoms with Crippen LogP contribution >= 0.6 is 0 Å². The number of amides is 2. The summed E-state index contributed by atoms with van der Waals surface area (Å²) in [5.41, 5.74) is 5.28. The van der Waals surface area contributed by atoms with E-state index in [0.29, 0.717) is 0 Å². The summed E-state index contributed by atoms with van der Waals surface area (Å²) in [5.74, 6) is 0.780. The molecule has 2 amide bonds. The van der Waals surface area contributed by atoms with Crippen molar-refractivity contribution in [1.82, 2.24) is 10.2 Å². The van der Waals surface area contributed by atoms with Gasteiger partial charge in [-0.3, -0.25) is 0 Å². The number of urea groups is 1. The van der Waals surface area contributed by atoms with E-state index in [-0.39, 0.29) is 6.03 Å². The van der Waals surface area contributed by atoms with Crippen LogP contribution in [0.15, 0.2) is 0 Å². The van der Waals surface area contributed by atoms with Crippen molar-refractivity contribution in [2.45, 2.75) is 32.1 Å². The molecule has 0 aromatic rings. The van der Waals surface area contributed by atoms with E-state index in [9.17, 15) is 4.79 Å². The van der Waals surface area contributed by atoms with Gasteiger partial charge >= 0.3 is 6.03 Å². The molecule has 1 saturated heterocycles. The molecule has 1 heterocycles. The monoisotopic (exact) mass is 213 g/mol. The second-order valence-corrected chi connectivity index (χ2v) is 4.37. The summed E-state index contributed by atoms with van der Waals surface area (Å²) < 4.78 is 0. The van der Waals surface area contributed by atoms with Crippen molar-refractivity contribution in [3.8, 4) is 0 Å². The van der Waals surface area contributed by atoms with Crippen LogP contribution in [0, 0.1) is 5.92 Å². The molecule has 88 valence electrons. The SMILES string of the molecule is CNCCCC1CCCN(C(N)=O)CC1. The number of hydrogen-bond donors (Lipinski definition) is 2. The summed E-state index contributed by atoms with van der Waals surface area (Å²) in [6, 6.07) is -0.258. The number of rotatable bonds is 4. The molecule has 0 saturated carbocycles. The maximum absolute atomic E-state index is 11.0. The molecule has 1 aliphatic rings. The maximum Gasteiger partial charge on any atom is 0.314 e. The van der Waals surface area contributed by atoms with E-state index >= 15 is 0 Å². The molecule has 3 N–H and O–H groups in total. The average Bonchev–Trinajstić information content (AvgIpc) is 2.44. The van der Waals surface area contributed by atoms with Crippen molar-refractivity contribution in [3.05, 3.63) is 0 Å². The highest BCUT2D eigenvalue weighted by atomic mass is 16.2. The van der Waals surface area contributed by atoms with Gasteiger partial charge in [0.25, 0.3) is 0 Å². The van der Waals surface area contributed by atoms with Crippen LogP contribution in [0.5, 0.6) is 0 Å². The van der Waals surface area contributed by atoms with E-state index < -0.39 is 0 Å². The van der Waals surface area contributed by atoms with Crippen LogP contribution in [0.25, 0.3) is 0 Å². The Bertz CT molecular complexity index is 196. The molecular formula is C11H23N3O. The van der Waals surface area contributed by atoms with Crippen LogP contribution in [0.1, 0.15) is 32.1 Å². The van der Waals surface area contributed by atoms with Gasteiger partial charge in [-0.15, -0.1) is 0 Å². The van der Waals surface area contributed by atoms with Crippen molar-refractivity contribution < 1.29 is 4.79 Å². The molecule has 0 radical (unpaired) electrons. The minimum absolute atomic E-state index is 0.258. The first-order valence-corrected chi connectivity index (χ1v) is 5.93. The van der Waals surface area contributed by atoms with Crippen molar-refractivity contribution in [1.29, 1.82) is 0 Å². The lowest BCUT2D eigenvalue weighted by Gasteiger charge is -2.17. The lowest BCUT2D eigenvalue weighted by atomic mass is 9.95. The van der Waals surface area contributed by atoms with Crippen LogP contribution in [0.2, 0.25) is 0 Å². The zero-order chi connectivity index (χ0) is 11.1. The molecule has 4 heteroatoms. The topological polar surface area (TPSA) is 58.4 Å². The van der Waals surface area contributed by atoms with Crippen LogP contribution in [0.4, 0.5) is 4.79 Å². The summed E-state index contributed by atoms with van der Waals surface area (Å²) in [6.07, 6.45) is 5.97. The third-order valence-corrected chi connectivity index (χ3v) is 3.20. The number of hydrogen-bond acceptors (Lipinski definition) is 2. The van der Waals surface area contributed by atoms with Gasteiger partial charge in [0.2, 0.25) is 0 Å². The third kappa shape index (κ3) is 4.51. The molecule has 0 aromatic heterocycles. The quantitative estimate of drug-likeness (QED) is 0.689. The first kappa shape index (κ1) is 12.3. The predicted octanol–water partition coefficient (Wildman–Crippen LogP) is 1.17. The first-order valence-electron chi connectivity index (χ1n) is 5.93. The normalized spacial score (nSPS) is 22.5. The number of nitrogens with two attached hydrogens (primary N) is 1. The molecule has 0 aliphatic carbocycles. The highest BCUT2D eigenvalue weighted by Gasteiger charge is 2.18. The molecule has 0 aromatic carbocycles. The van der Waals surface area contributed by atoms with Gasteiger partial charge in [0.1, 0.15) is 0 Å². The van der Waals surface area contributed by atoms with Gasteiger partial charge in [-0.2, -0.15) is 0 Å². The summed E-state index contributed by atoms with van der Waals surface area (Å²) >= 11 is 0. The Balaban J connectivity index is 2.23. The second kappa shape index (κ2) is 6.67. The first-order chi connectivity index (χ1) is 7.24. The van der Waals surface area contributed by atoms with Crippen LogP contribution < -0.4 is 11.1 Å². The highest BCUT2D eigenvalue weighted by molar-refractivity contribution is 5.71. The number of carbonyl (C=O) groups is 1. The second-order valence-electron chi connectivity index (χ2n) is 4.37. The molecule has 0 bridgehead atoms. The smallest absolute Gasteiger partial charge is 0.314 e. The summed E-state index contributed by atoms with van der Waals surface area (Å²) in [4.78, 5) is 12.8.